The molecule has 0 aliphatic carbocycles. The minimum absolute atomic E-state index is 0.0448. The van der Waals surface area contributed by atoms with Crippen LogP contribution in [0.1, 0.15) is 24.4 Å². The number of nitrogens with zero attached hydrogens (tertiary/aromatic N) is 3. The molecule has 40 heavy (non-hydrogen) atoms. The summed E-state index contributed by atoms with van der Waals surface area (Å²) in [5, 5.41) is 4.40. The molecule has 0 radical (unpaired) electrons. The molecule has 1 aliphatic rings. The Balaban J connectivity index is 1.25. The lowest BCUT2D eigenvalue weighted by Gasteiger charge is -2.22. The topological polar surface area (TPSA) is 68.8 Å². The first-order valence-corrected chi connectivity index (χ1v) is 13.7. The van der Waals surface area contributed by atoms with Crippen molar-refractivity contribution >= 4 is 27.6 Å². The van der Waals surface area contributed by atoms with Gasteiger partial charge in [0.1, 0.15) is 5.82 Å². The molecule has 0 amide bonds. The zero-order chi connectivity index (χ0) is 27.1. The predicted molar refractivity (Wildman–Crippen MR) is 165 cm³/mol. The van der Waals surface area contributed by atoms with Gasteiger partial charge in [0, 0.05) is 34.3 Å². The van der Waals surface area contributed by atoms with Crippen LogP contribution in [0.3, 0.4) is 0 Å². The number of nitrogens with two attached hydrogens (primary N) is 1. The standard InChI is InChI=1S/C35H29N5/c1-2-32-38-29-11-5-6-13-31(29)40(32)26-20-18-24(19-21-26)23-14-16-25(17-15-23)35-33(30-12-7-8-22-37-30)34(36)27-9-3-4-10-28(27)39-35/h3-22,30,37H,2H2,1H3,(H2,36,39)/t30-/m0/s1. The summed E-state index contributed by atoms with van der Waals surface area (Å²) in [5.41, 5.74) is 16.9. The molecule has 3 heterocycles. The van der Waals surface area contributed by atoms with E-state index in [1.165, 1.54) is 0 Å². The molecule has 0 saturated carbocycles. The maximum absolute atomic E-state index is 6.77. The molecule has 1 aliphatic heterocycles. The van der Waals surface area contributed by atoms with E-state index in [1.54, 1.807) is 0 Å². The minimum atomic E-state index is -0.0448. The zero-order valence-corrected chi connectivity index (χ0v) is 22.3. The Morgan fingerprint density at radius 3 is 2.15 bits per heavy atom. The van der Waals surface area contributed by atoms with Crippen molar-refractivity contribution in [2.24, 2.45) is 0 Å². The van der Waals surface area contributed by atoms with Gasteiger partial charge in [-0.1, -0.05) is 85.8 Å². The fourth-order valence-electron chi connectivity index (χ4n) is 5.64. The molecule has 2 aromatic heterocycles. The van der Waals surface area contributed by atoms with Crippen molar-refractivity contribution in [3.63, 3.8) is 0 Å². The number of aryl methyl sites for hydroxylation is 1. The molecule has 7 rings (SSSR count). The number of fused-ring (bicyclic) bond motifs is 2. The molecule has 5 heteroatoms. The molecule has 3 N–H and O–H groups in total. The Labute approximate surface area is 233 Å². The fourth-order valence-corrected chi connectivity index (χ4v) is 5.64. The van der Waals surface area contributed by atoms with Gasteiger partial charge in [0.25, 0.3) is 0 Å². The summed E-state index contributed by atoms with van der Waals surface area (Å²) < 4.78 is 2.25. The van der Waals surface area contributed by atoms with Gasteiger partial charge in [-0.15, -0.1) is 0 Å². The van der Waals surface area contributed by atoms with Crippen molar-refractivity contribution < 1.29 is 0 Å². The lowest BCUT2D eigenvalue weighted by molar-refractivity contribution is 0.748. The van der Waals surface area contributed by atoms with Gasteiger partial charge in [0.05, 0.1) is 28.3 Å². The molecular formula is C35H29N5. The molecule has 6 aromatic rings. The van der Waals surface area contributed by atoms with E-state index in [-0.39, 0.29) is 6.04 Å². The van der Waals surface area contributed by atoms with Crippen molar-refractivity contribution in [3.05, 3.63) is 133 Å². The van der Waals surface area contributed by atoms with Crippen molar-refractivity contribution in [1.29, 1.82) is 0 Å². The Morgan fingerprint density at radius 1 is 0.750 bits per heavy atom. The van der Waals surface area contributed by atoms with Gasteiger partial charge in [-0.05, 0) is 53.7 Å². The molecule has 4 aromatic carbocycles. The Bertz CT molecular complexity index is 1910. The summed E-state index contributed by atoms with van der Waals surface area (Å²) in [7, 11) is 0. The first-order valence-electron chi connectivity index (χ1n) is 13.7. The molecule has 0 unspecified atom stereocenters. The highest BCUT2D eigenvalue weighted by Gasteiger charge is 2.21. The zero-order valence-electron chi connectivity index (χ0n) is 22.3. The molecule has 0 spiro atoms. The van der Waals surface area contributed by atoms with Crippen LogP contribution < -0.4 is 11.1 Å². The van der Waals surface area contributed by atoms with Crippen LogP contribution in [0.15, 0.2) is 121 Å². The molecule has 0 saturated heterocycles. The van der Waals surface area contributed by atoms with Gasteiger partial charge in [0.2, 0.25) is 0 Å². The Kier molecular flexibility index (Phi) is 5.90. The summed E-state index contributed by atoms with van der Waals surface area (Å²) in [5.74, 6) is 1.06. The van der Waals surface area contributed by atoms with E-state index in [2.05, 4.69) is 89.6 Å². The number of pyridine rings is 1. The Morgan fingerprint density at radius 2 is 1.43 bits per heavy atom. The minimum Gasteiger partial charge on any atom is -0.398 e. The van der Waals surface area contributed by atoms with Gasteiger partial charge in [-0.3, -0.25) is 4.57 Å². The second-order valence-corrected chi connectivity index (χ2v) is 10.0. The van der Waals surface area contributed by atoms with Crippen molar-refractivity contribution in [2.45, 2.75) is 19.4 Å². The molecule has 0 bridgehead atoms. The van der Waals surface area contributed by atoms with E-state index in [1.807, 2.05) is 48.7 Å². The average molecular weight is 520 g/mol. The third-order valence-corrected chi connectivity index (χ3v) is 7.63. The lowest BCUT2D eigenvalue weighted by atomic mass is 9.93. The number of nitrogen functional groups attached to an aromatic ring is 1. The summed E-state index contributed by atoms with van der Waals surface area (Å²) in [6.07, 6.45) is 8.97. The van der Waals surface area contributed by atoms with Gasteiger partial charge < -0.3 is 11.1 Å². The molecule has 0 fully saturated rings. The first kappa shape index (κ1) is 23.9. The molecule has 5 nitrogen and oxygen atoms in total. The molecular weight excluding hydrogens is 490 g/mol. The number of dihydropyridines is 1. The van der Waals surface area contributed by atoms with Crippen molar-refractivity contribution in [1.82, 2.24) is 19.9 Å². The number of imidazole rings is 1. The number of para-hydroxylation sites is 3. The second-order valence-electron chi connectivity index (χ2n) is 10.0. The van der Waals surface area contributed by atoms with Crippen LogP contribution in [0.4, 0.5) is 5.69 Å². The van der Waals surface area contributed by atoms with Gasteiger partial charge in [-0.2, -0.15) is 0 Å². The van der Waals surface area contributed by atoms with E-state index >= 15 is 0 Å². The van der Waals surface area contributed by atoms with Crippen LogP contribution >= 0.6 is 0 Å². The monoisotopic (exact) mass is 519 g/mol. The number of anilines is 1. The molecule has 1 atom stereocenters. The maximum atomic E-state index is 6.77. The van der Waals surface area contributed by atoms with Crippen LogP contribution in [0.2, 0.25) is 0 Å². The van der Waals surface area contributed by atoms with Crippen LogP contribution in [0.5, 0.6) is 0 Å². The summed E-state index contributed by atoms with van der Waals surface area (Å²) in [6, 6.07) is 33.6. The maximum Gasteiger partial charge on any atom is 0.114 e. The SMILES string of the molecule is CCc1nc2ccccc2n1-c1ccc(-c2ccc(-c3nc4ccccc4c(N)c3[C@@H]3C=CC=CN3)cc2)cc1. The number of allylic oxidation sites excluding steroid dienone is 2. The summed E-state index contributed by atoms with van der Waals surface area (Å²) >= 11 is 0. The second kappa shape index (κ2) is 9.86. The summed E-state index contributed by atoms with van der Waals surface area (Å²) in [4.78, 5) is 9.91. The largest absolute Gasteiger partial charge is 0.398 e. The fraction of sp³-hybridized carbons (Fsp3) is 0.0857. The van der Waals surface area contributed by atoms with E-state index in [9.17, 15) is 0 Å². The van der Waals surface area contributed by atoms with Crippen molar-refractivity contribution in [2.75, 3.05) is 5.73 Å². The third-order valence-electron chi connectivity index (χ3n) is 7.63. The number of rotatable bonds is 5. The van der Waals surface area contributed by atoms with Gasteiger partial charge in [0.15, 0.2) is 0 Å². The predicted octanol–water partition coefficient (Wildman–Crippen LogP) is 7.77. The number of nitrogens with one attached hydrogen (secondary N) is 1. The normalized spacial score (nSPS) is 14.6. The number of aromatic nitrogens is 3. The van der Waals surface area contributed by atoms with E-state index in [0.717, 1.165) is 73.5 Å². The third kappa shape index (κ3) is 4.03. The van der Waals surface area contributed by atoms with Gasteiger partial charge in [-0.25, -0.2) is 9.97 Å². The number of hydrogen-bond acceptors (Lipinski definition) is 4. The summed E-state index contributed by atoms with van der Waals surface area (Å²) in [6.45, 7) is 2.15. The highest BCUT2D eigenvalue weighted by molar-refractivity contribution is 5.96. The van der Waals surface area contributed by atoms with Crippen molar-refractivity contribution in [3.8, 4) is 28.1 Å². The van der Waals surface area contributed by atoms with Crippen LogP contribution in [-0.4, -0.2) is 14.5 Å². The van der Waals surface area contributed by atoms with Crippen LogP contribution in [0.25, 0.3) is 50.0 Å². The smallest absolute Gasteiger partial charge is 0.114 e. The molecule has 194 valence electrons. The average Bonchev–Trinajstić information content (AvgIpc) is 3.40. The lowest BCUT2D eigenvalue weighted by Crippen LogP contribution is -2.18. The number of hydrogen-bond donors (Lipinski definition) is 2. The highest BCUT2D eigenvalue weighted by Crippen LogP contribution is 2.38. The van der Waals surface area contributed by atoms with E-state index in [4.69, 9.17) is 15.7 Å². The number of benzene rings is 4. The van der Waals surface area contributed by atoms with E-state index < -0.39 is 0 Å². The highest BCUT2D eigenvalue weighted by atomic mass is 15.1. The van der Waals surface area contributed by atoms with E-state index in [0.29, 0.717) is 0 Å². The first-order chi connectivity index (χ1) is 19.7. The Hall–Kier alpha value is -5.16. The quantitative estimate of drug-likeness (QED) is 0.244. The van der Waals surface area contributed by atoms with Gasteiger partial charge >= 0.3 is 0 Å². The van der Waals surface area contributed by atoms with Crippen LogP contribution in [0, 0.1) is 0 Å². The van der Waals surface area contributed by atoms with Crippen LogP contribution in [-0.2, 0) is 6.42 Å².